The molecule has 4 heteroatoms. The third-order valence-corrected chi connectivity index (χ3v) is 4.31. The Kier molecular flexibility index (Phi) is 4.03. The molecular formula is C16H22N2O2. The number of aryl methyl sites for hydroxylation is 1. The van der Waals surface area contributed by atoms with Crippen molar-refractivity contribution in [3.8, 4) is 0 Å². The van der Waals surface area contributed by atoms with E-state index in [2.05, 4.69) is 4.90 Å². The minimum atomic E-state index is 0.167. The molecule has 2 aliphatic rings. The molecule has 1 amide bonds. The second-order valence-corrected chi connectivity index (χ2v) is 5.71. The quantitative estimate of drug-likeness (QED) is 0.820. The van der Waals surface area contributed by atoms with E-state index in [-0.39, 0.29) is 5.91 Å². The van der Waals surface area contributed by atoms with Crippen molar-refractivity contribution in [2.45, 2.75) is 19.4 Å². The predicted molar refractivity (Wildman–Crippen MR) is 77.9 cm³/mol. The molecule has 0 aromatic heterocycles. The number of morpholine rings is 1. The van der Waals surface area contributed by atoms with Gasteiger partial charge in [-0.05, 0) is 25.5 Å². The molecule has 1 atom stereocenters. The highest BCUT2D eigenvalue weighted by atomic mass is 16.5. The predicted octanol–water partition coefficient (Wildman–Crippen LogP) is 1.54. The lowest BCUT2D eigenvalue weighted by molar-refractivity contribution is 0.0185. The average molecular weight is 274 g/mol. The summed E-state index contributed by atoms with van der Waals surface area (Å²) in [4.78, 5) is 16.9. The first-order chi connectivity index (χ1) is 9.74. The van der Waals surface area contributed by atoms with Crippen LogP contribution in [-0.2, 0) is 4.74 Å². The van der Waals surface area contributed by atoms with Gasteiger partial charge in [0.15, 0.2) is 0 Å². The molecule has 1 unspecified atom stereocenters. The SMILES string of the molecule is Cc1ccc(C(=O)N2CCC(N3CCOCC3)C2)cc1. The van der Waals surface area contributed by atoms with Crippen LogP contribution in [-0.4, -0.2) is 61.1 Å². The van der Waals surface area contributed by atoms with E-state index in [4.69, 9.17) is 4.74 Å². The standard InChI is InChI=1S/C16H22N2O2/c1-13-2-4-14(5-3-13)16(19)18-7-6-15(12-18)17-8-10-20-11-9-17/h2-5,15H,6-12H2,1H3. The molecule has 0 N–H and O–H groups in total. The van der Waals surface area contributed by atoms with Crippen LogP contribution < -0.4 is 0 Å². The highest BCUT2D eigenvalue weighted by Gasteiger charge is 2.31. The van der Waals surface area contributed by atoms with E-state index in [0.29, 0.717) is 6.04 Å². The second-order valence-electron chi connectivity index (χ2n) is 5.71. The summed E-state index contributed by atoms with van der Waals surface area (Å²) >= 11 is 0. The highest BCUT2D eigenvalue weighted by Crippen LogP contribution is 2.19. The molecule has 108 valence electrons. The molecule has 4 nitrogen and oxygen atoms in total. The lowest BCUT2D eigenvalue weighted by Gasteiger charge is -2.32. The molecule has 0 aliphatic carbocycles. The Hall–Kier alpha value is -1.39. The summed E-state index contributed by atoms with van der Waals surface area (Å²) in [5.74, 6) is 0.167. The zero-order chi connectivity index (χ0) is 13.9. The van der Waals surface area contributed by atoms with Crippen molar-refractivity contribution < 1.29 is 9.53 Å². The molecule has 2 heterocycles. The first-order valence-corrected chi connectivity index (χ1v) is 7.42. The Bertz CT molecular complexity index is 466. The van der Waals surface area contributed by atoms with Gasteiger partial charge in [0.2, 0.25) is 0 Å². The Labute approximate surface area is 120 Å². The third-order valence-electron chi connectivity index (χ3n) is 4.31. The topological polar surface area (TPSA) is 32.8 Å². The van der Waals surface area contributed by atoms with Gasteiger partial charge < -0.3 is 9.64 Å². The minimum absolute atomic E-state index is 0.167. The van der Waals surface area contributed by atoms with Crippen LogP contribution in [0.2, 0.25) is 0 Å². The largest absolute Gasteiger partial charge is 0.379 e. The van der Waals surface area contributed by atoms with Gasteiger partial charge in [-0.3, -0.25) is 9.69 Å². The van der Waals surface area contributed by atoms with Crippen LogP contribution >= 0.6 is 0 Å². The molecule has 0 saturated carbocycles. The van der Waals surface area contributed by atoms with Gasteiger partial charge in [0.05, 0.1) is 13.2 Å². The summed E-state index contributed by atoms with van der Waals surface area (Å²) in [5, 5.41) is 0. The first kappa shape index (κ1) is 13.6. The van der Waals surface area contributed by atoms with Crippen LogP contribution in [0.3, 0.4) is 0 Å². The van der Waals surface area contributed by atoms with E-state index >= 15 is 0 Å². The van der Waals surface area contributed by atoms with Crippen molar-refractivity contribution in [2.75, 3.05) is 39.4 Å². The molecule has 3 rings (SSSR count). The fraction of sp³-hybridized carbons (Fsp3) is 0.562. The molecule has 2 saturated heterocycles. The monoisotopic (exact) mass is 274 g/mol. The van der Waals surface area contributed by atoms with Gasteiger partial charge in [-0.15, -0.1) is 0 Å². The van der Waals surface area contributed by atoms with Gasteiger partial charge in [-0.25, -0.2) is 0 Å². The number of hydrogen-bond donors (Lipinski definition) is 0. The van der Waals surface area contributed by atoms with Crippen molar-refractivity contribution >= 4 is 5.91 Å². The van der Waals surface area contributed by atoms with Gasteiger partial charge in [-0.2, -0.15) is 0 Å². The fourth-order valence-electron chi connectivity index (χ4n) is 3.05. The summed E-state index contributed by atoms with van der Waals surface area (Å²) in [5.41, 5.74) is 1.99. The maximum atomic E-state index is 12.5. The summed E-state index contributed by atoms with van der Waals surface area (Å²) < 4.78 is 5.39. The Morgan fingerprint density at radius 2 is 1.85 bits per heavy atom. The third kappa shape index (κ3) is 2.86. The molecule has 1 aromatic rings. The van der Waals surface area contributed by atoms with Gasteiger partial charge in [0.25, 0.3) is 5.91 Å². The lowest BCUT2D eigenvalue weighted by atomic mass is 10.1. The minimum Gasteiger partial charge on any atom is -0.379 e. The molecule has 0 radical (unpaired) electrons. The van der Waals surface area contributed by atoms with Crippen LogP contribution in [0.4, 0.5) is 0 Å². The number of likely N-dealkylation sites (tertiary alicyclic amines) is 1. The molecule has 1 aromatic carbocycles. The van der Waals surface area contributed by atoms with Crippen molar-refractivity contribution in [2.24, 2.45) is 0 Å². The number of rotatable bonds is 2. The van der Waals surface area contributed by atoms with Crippen molar-refractivity contribution in [3.05, 3.63) is 35.4 Å². The average Bonchev–Trinajstić information content (AvgIpc) is 2.98. The van der Waals surface area contributed by atoms with Crippen LogP contribution in [0.15, 0.2) is 24.3 Å². The molecule has 0 spiro atoms. The molecule has 0 bridgehead atoms. The van der Waals surface area contributed by atoms with E-state index in [1.807, 2.05) is 36.1 Å². The van der Waals surface area contributed by atoms with Crippen molar-refractivity contribution in [1.29, 1.82) is 0 Å². The van der Waals surface area contributed by atoms with Crippen LogP contribution in [0.5, 0.6) is 0 Å². The second kappa shape index (κ2) is 5.94. The van der Waals surface area contributed by atoms with Gasteiger partial charge >= 0.3 is 0 Å². The van der Waals surface area contributed by atoms with E-state index in [9.17, 15) is 4.79 Å². The number of nitrogens with zero attached hydrogens (tertiary/aromatic N) is 2. The summed E-state index contributed by atoms with van der Waals surface area (Å²) in [6.07, 6.45) is 1.08. The van der Waals surface area contributed by atoms with Gasteiger partial charge in [0.1, 0.15) is 0 Å². The first-order valence-electron chi connectivity index (χ1n) is 7.42. The summed E-state index contributed by atoms with van der Waals surface area (Å²) in [6, 6.07) is 8.37. The zero-order valence-electron chi connectivity index (χ0n) is 12.0. The Balaban J connectivity index is 1.61. The summed E-state index contributed by atoms with van der Waals surface area (Å²) in [7, 11) is 0. The Morgan fingerprint density at radius 1 is 1.15 bits per heavy atom. The normalized spacial score (nSPS) is 24.1. The highest BCUT2D eigenvalue weighted by molar-refractivity contribution is 5.94. The maximum absolute atomic E-state index is 12.5. The smallest absolute Gasteiger partial charge is 0.253 e. The van der Waals surface area contributed by atoms with E-state index < -0.39 is 0 Å². The lowest BCUT2D eigenvalue weighted by Crippen LogP contribution is -2.45. The van der Waals surface area contributed by atoms with E-state index in [0.717, 1.165) is 51.4 Å². The van der Waals surface area contributed by atoms with Gasteiger partial charge in [0, 0.05) is 37.8 Å². The number of hydrogen-bond acceptors (Lipinski definition) is 3. The van der Waals surface area contributed by atoms with Crippen LogP contribution in [0, 0.1) is 6.92 Å². The molecule has 2 aliphatic heterocycles. The number of carbonyl (C=O) groups excluding carboxylic acids is 1. The van der Waals surface area contributed by atoms with E-state index in [1.54, 1.807) is 0 Å². The summed E-state index contributed by atoms with van der Waals surface area (Å²) in [6.45, 7) is 7.40. The number of ether oxygens (including phenoxy) is 1. The Morgan fingerprint density at radius 3 is 2.55 bits per heavy atom. The number of carbonyl (C=O) groups is 1. The molecule has 20 heavy (non-hydrogen) atoms. The zero-order valence-corrected chi connectivity index (χ0v) is 12.0. The van der Waals surface area contributed by atoms with Crippen molar-refractivity contribution in [1.82, 2.24) is 9.80 Å². The van der Waals surface area contributed by atoms with Crippen LogP contribution in [0.1, 0.15) is 22.3 Å². The molecular weight excluding hydrogens is 252 g/mol. The number of benzene rings is 1. The fourth-order valence-corrected chi connectivity index (χ4v) is 3.05. The van der Waals surface area contributed by atoms with Crippen molar-refractivity contribution in [3.63, 3.8) is 0 Å². The van der Waals surface area contributed by atoms with Crippen LogP contribution in [0.25, 0.3) is 0 Å². The van der Waals surface area contributed by atoms with Gasteiger partial charge in [-0.1, -0.05) is 17.7 Å². The molecule has 2 fully saturated rings. The maximum Gasteiger partial charge on any atom is 0.253 e. The number of amides is 1. The van der Waals surface area contributed by atoms with E-state index in [1.165, 1.54) is 5.56 Å².